The van der Waals surface area contributed by atoms with Gasteiger partial charge in [0.15, 0.2) is 12.1 Å². The molecule has 0 radical (unpaired) electrons. The third kappa shape index (κ3) is 6.72. The minimum absolute atomic E-state index is 0.0620. The van der Waals surface area contributed by atoms with Gasteiger partial charge in [0.25, 0.3) is 0 Å². The zero-order valence-corrected chi connectivity index (χ0v) is 23.6. The van der Waals surface area contributed by atoms with Crippen molar-refractivity contribution in [2.24, 2.45) is 34.4 Å². The summed E-state index contributed by atoms with van der Waals surface area (Å²) in [7, 11) is 2.10. The zero-order chi connectivity index (χ0) is 28.3. The summed E-state index contributed by atoms with van der Waals surface area (Å²) >= 11 is 0. The molecule has 1 aliphatic heterocycles. The fourth-order valence-corrected chi connectivity index (χ4v) is 6.53. The highest BCUT2D eigenvalue weighted by molar-refractivity contribution is 6.02. The summed E-state index contributed by atoms with van der Waals surface area (Å²) in [6.07, 6.45) is 1.63. The van der Waals surface area contributed by atoms with Gasteiger partial charge in [-0.1, -0.05) is 20.4 Å². The summed E-state index contributed by atoms with van der Waals surface area (Å²) < 4.78 is 13.7. The Morgan fingerprint density at radius 2 is 1.97 bits per heavy atom. The van der Waals surface area contributed by atoms with Crippen molar-refractivity contribution in [3.8, 4) is 0 Å². The maximum Gasteiger partial charge on any atom is 0.222 e. The van der Waals surface area contributed by atoms with Crippen LogP contribution in [0.25, 0.3) is 0 Å². The van der Waals surface area contributed by atoms with Gasteiger partial charge in [0.1, 0.15) is 6.17 Å². The molecule has 1 aromatic rings. The number of carbonyl (C=O) groups excluding carboxylic acids is 2. The van der Waals surface area contributed by atoms with Gasteiger partial charge in [-0.2, -0.15) is 0 Å². The second-order valence-electron chi connectivity index (χ2n) is 11.4. The summed E-state index contributed by atoms with van der Waals surface area (Å²) in [6, 6.07) is 5.63. The molecular formula is C29H44FN7O2. The largest absolute Gasteiger partial charge is 0.369 e. The first-order valence-electron chi connectivity index (χ1n) is 14.1. The molecule has 9 nitrogen and oxygen atoms in total. The van der Waals surface area contributed by atoms with E-state index in [1.54, 1.807) is 0 Å². The van der Waals surface area contributed by atoms with E-state index in [1.165, 1.54) is 13.1 Å². The minimum Gasteiger partial charge on any atom is -0.369 e. The average molecular weight is 542 g/mol. The maximum atomic E-state index is 13.7. The van der Waals surface area contributed by atoms with Gasteiger partial charge < -0.3 is 31.5 Å². The van der Waals surface area contributed by atoms with Gasteiger partial charge in [-0.25, -0.2) is 9.38 Å². The van der Waals surface area contributed by atoms with Gasteiger partial charge in [0.05, 0.1) is 11.7 Å². The molecule has 7 unspecified atom stereocenters. The quantitative estimate of drug-likeness (QED) is 0.183. The van der Waals surface area contributed by atoms with Crippen LogP contribution in [0, 0.1) is 23.7 Å². The molecule has 1 amide bonds. The summed E-state index contributed by atoms with van der Waals surface area (Å²) in [4.78, 5) is 34.0. The van der Waals surface area contributed by atoms with Gasteiger partial charge >= 0.3 is 0 Å². The van der Waals surface area contributed by atoms with Crippen molar-refractivity contribution < 1.29 is 14.0 Å². The lowest BCUT2D eigenvalue weighted by Crippen LogP contribution is -2.51. The van der Waals surface area contributed by atoms with E-state index in [4.69, 9.17) is 5.73 Å². The fourth-order valence-electron chi connectivity index (χ4n) is 6.53. The number of Topliss-reactive ketones (excluding diaryl/α,β-unsaturated/α-hetero) is 1. The topological polar surface area (TPSA) is 115 Å². The number of likely N-dealkylation sites (N-methyl/N-ethyl adjacent to an activating group) is 1. The summed E-state index contributed by atoms with van der Waals surface area (Å²) in [6.45, 7) is 13.2. The Balaban J connectivity index is 1.50. The first-order chi connectivity index (χ1) is 18.6. The van der Waals surface area contributed by atoms with Crippen LogP contribution < -0.4 is 26.6 Å². The lowest BCUT2D eigenvalue weighted by atomic mass is 9.78. The molecule has 1 saturated heterocycles. The molecule has 2 aliphatic carbocycles. The number of carbonyl (C=O) groups is 2. The number of anilines is 2. The van der Waals surface area contributed by atoms with Crippen LogP contribution in [0.2, 0.25) is 0 Å². The molecule has 0 spiro atoms. The molecule has 3 fully saturated rings. The Kier molecular flexibility index (Phi) is 9.15. The standard InChI is InChI=1S/C29H44FN7O2/c1-6-25(38)23-15-21(7-8-24(23)37-11-9-36(5)10-12-37)35-29(32-16-18(3)30)34-19(4)33-27-22-14-20(13-17(22)2)26(27)28(31)39/h7-8,15-18,20,22,26-27,29,33-35H,4,6,9-14H2,1-3,5H3,(H2,31,39)/b32-16-. The third-order valence-corrected chi connectivity index (χ3v) is 8.52. The van der Waals surface area contributed by atoms with E-state index >= 15 is 0 Å². The highest BCUT2D eigenvalue weighted by atomic mass is 19.1. The number of nitrogens with zero attached hydrogens (tertiary/aromatic N) is 3. The maximum absolute atomic E-state index is 13.7. The van der Waals surface area contributed by atoms with Gasteiger partial charge in [-0.05, 0) is 62.8 Å². The first-order valence-corrected chi connectivity index (χ1v) is 14.1. The normalized spacial score (nSPS) is 28.3. The molecule has 39 heavy (non-hydrogen) atoms. The van der Waals surface area contributed by atoms with Crippen molar-refractivity contribution >= 4 is 29.3 Å². The van der Waals surface area contributed by atoms with E-state index in [0.717, 1.165) is 44.7 Å². The van der Waals surface area contributed by atoms with E-state index in [0.29, 0.717) is 41.2 Å². The number of nitrogens with two attached hydrogens (primary N) is 1. The number of benzene rings is 1. The molecule has 4 rings (SSSR count). The molecule has 10 heteroatoms. The van der Waals surface area contributed by atoms with E-state index in [2.05, 4.69) is 51.3 Å². The number of piperazine rings is 1. The minimum atomic E-state index is -1.24. The number of aliphatic imine (C=N–C) groups is 1. The molecule has 0 aromatic heterocycles. The second-order valence-corrected chi connectivity index (χ2v) is 11.4. The molecular weight excluding hydrogens is 497 g/mol. The molecule has 2 saturated carbocycles. The number of ketones is 1. The van der Waals surface area contributed by atoms with Crippen molar-refractivity contribution in [2.75, 3.05) is 43.4 Å². The lowest BCUT2D eigenvalue weighted by molar-refractivity contribution is -0.124. The van der Waals surface area contributed by atoms with Crippen molar-refractivity contribution in [3.63, 3.8) is 0 Å². The van der Waals surface area contributed by atoms with Gasteiger partial charge in [-0.15, -0.1) is 0 Å². The van der Waals surface area contributed by atoms with Crippen LogP contribution in [-0.4, -0.2) is 74.5 Å². The third-order valence-electron chi connectivity index (χ3n) is 8.52. The van der Waals surface area contributed by atoms with Gasteiger partial charge in [0.2, 0.25) is 5.91 Å². The van der Waals surface area contributed by atoms with Crippen molar-refractivity contribution in [3.05, 3.63) is 36.2 Å². The smallest absolute Gasteiger partial charge is 0.222 e. The number of hydrogen-bond acceptors (Lipinski definition) is 8. The lowest BCUT2D eigenvalue weighted by Gasteiger charge is -2.35. The predicted octanol–water partition coefficient (Wildman–Crippen LogP) is 2.95. The van der Waals surface area contributed by atoms with E-state index in [-0.39, 0.29) is 23.7 Å². The van der Waals surface area contributed by atoms with E-state index in [1.807, 2.05) is 25.1 Å². The zero-order valence-electron chi connectivity index (χ0n) is 23.6. The first kappa shape index (κ1) is 28.9. The van der Waals surface area contributed by atoms with Crippen LogP contribution in [0.15, 0.2) is 35.6 Å². The number of rotatable bonds is 12. The van der Waals surface area contributed by atoms with Gasteiger partial charge in [-0.3, -0.25) is 9.59 Å². The van der Waals surface area contributed by atoms with Crippen LogP contribution in [0.4, 0.5) is 15.8 Å². The van der Waals surface area contributed by atoms with Crippen molar-refractivity contribution in [1.82, 2.24) is 15.5 Å². The molecule has 5 N–H and O–H groups in total. The Labute approximate surface area is 231 Å². The molecule has 7 atom stereocenters. The summed E-state index contributed by atoms with van der Waals surface area (Å²) in [5.41, 5.74) is 8.03. The Hall–Kier alpha value is -3.14. The van der Waals surface area contributed by atoms with Crippen LogP contribution in [0.3, 0.4) is 0 Å². The van der Waals surface area contributed by atoms with Crippen molar-refractivity contribution in [2.45, 2.75) is 58.5 Å². The molecule has 3 aliphatic rings. The molecule has 214 valence electrons. The SMILES string of the molecule is C=C(NC(/N=C\C(C)F)Nc1ccc(N2CCN(C)CC2)c(C(=O)CC)c1)NC1C2CC(CC2C)C1C(N)=O. The number of halogens is 1. The number of primary amides is 1. The summed E-state index contributed by atoms with van der Waals surface area (Å²) in [5.74, 6) is 1.15. The van der Waals surface area contributed by atoms with Crippen LogP contribution >= 0.6 is 0 Å². The summed E-state index contributed by atoms with van der Waals surface area (Å²) in [5, 5.41) is 9.86. The monoisotopic (exact) mass is 541 g/mol. The highest BCUT2D eigenvalue weighted by Gasteiger charge is 2.53. The molecule has 1 aromatic carbocycles. The van der Waals surface area contributed by atoms with Crippen LogP contribution in [0.1, 0.15) is 50.4 Å². The fraction of sp³-hybridized carbons (Fsp3) is 0.621. The number of fused-ring (bicyclic) bond motifs is 2. The van der Waals surface area contributed by atoms with E-state index in [9.17, 15) is 14.0 Å². The Bertz CT molecular complexity index is 1090. The van der Waals surface area contributed by atoms with Crippen LogP contribution in [0.5, 0.6) is 0 Å². The second kappa shape index (κ2) is 12.4. The Morgan fingerprint density at radius 1 is 1.26 bits per heavy atom. The number of hydrogen-bond donors (Lipinski definition) is 4. The van der Waals surface area contributed by atoms with Gasteiger partial charge in [0, 0.05) is 61.8 Å². The van der Waals surface area contributed by atoms with Crippen molar-refractivity contribution in [1.29, 1.82) is 0 Å². The molecule has 1 heterocycles. The highest BCUT2D eigenvalue weighted by Crippen LogP contribution is 2.51. The number of alkyl halides is 1. The number of amides is 1. The molecule has 2 bridgehead atoms. The van der Waals surface area contributed by atoms with E-state index < -0.39 is 12.5 Å². The average Bonchev–Trinajstić information content (AvgIpc) is 3.44. The predicted molar refractivity (Wildman–Crippen MR) is 155 cm³/mol. The Morgan fingerprint density at radius 3 is 2.62 bits per heavy atom. The van der Waals surface area contributed by atoms with Crippen LogP contribution in [-0.2, 0) is 4.79 Å². The number of nitrogens with one attached hydrogen (secondary N) is 3.